The van der Waals surface area contributed by atoms with E-state index in [0.717, 1.165) is 0 Å². The Bertz CT molecular complexity index is 379. The number of hydrogen-bond acceptors (Lipinski definition) is 2. The van der Waals surface area contributed by atoms with E-state index in [1.165, 1.54) is 6.07 Å². The van der Waals surface area contributed by atoms with Crippen molar-refractivity contribution in [3.8, 4) is 0 Å². The lowest BCUT2D eigenvalue weighted by Crippen LogP contribution is -2.37. The lowest BCUT2D eigenvalue weighted by Gasteiger charge is -2.16. The number of carboxylic acid groups (broad SMARTS) is 1. The first kappa shape index (κ1) is 13.6. The summed E-state index contributed by atoms with van der Waals surface area (Å²) < 4.78 is 13.3. The Labute approximate surface area is 101 Å². The Hall–Kier alpha value is -1.42. The highest BCUT2D eigenvalue weighted by molar-refractivity contribution is 5.73. The number of hydrogen-bond donors (Lipinski definition) is 2. The molecule has 4 heteroatoms. The zero-order valence-electron chi connectivity index (χ0n) is 10.1. The molecule has 1 unspecified atom stereocenters. The molecule has 3 nitrogen and oxygen atoms in total. The van der Waals surface area contributed by atoms with Crippen LogP contribution in [0.2, 0.25) is 0 Å². The van der Waals surface area contributed by atoms with Crippen LogP contribution < -0.4 is 5.32 Å². The number of carbonyl (C=O) groups is 1. The second-order valence-electron chi connectivity index (χ2n) is 4.49. The average molecular weight is 239 g/mol. The van der Waals surface area contributed by atoms with Gasteiger partial charge in [-0.1, -0.05) is 32.0 Å². The van der Waals surface area contributed by atoms with E-state index in [1.54, 1.807) is 18.2 Å². The molecule has 1 aromatic carbocycles. The summed E-state index contributed by atoms with van der Waals surface area (Å²) in [6.07, 6.45) is 0.532. The van der Waals surface area contributed by atoms with Crippen molar-refractivity contribution in [3.63, 3.8) is 0 Å². The summed E-state index contributed by atoms with van der Waals surface area (Å²) in [5, 5.41) is 11.9. The lowest BCUT2D eigenvalue weighted by molar-refractivity contribution is -0.140. The molecule has 0 bridgehead atoms. The minimum atomic E-state index is -0.893. The maximum atomic E-state index is 13.3. The Kier molecular flexibility index (Phi) is 5.10. The summed E-state index contributed by atoms with van der Waals surface area (Å²) >= 11 is 0. The van der Waals surface area contributed by atoms with Crippen molar-refractivity contribution in [1.29, 1.82) is 0 Å². The Balaban J connectivity index is 2.58. The maximum absolute atomic E-state index is 13.3. The molecule has 0 amide bonds. The molecule has 0 fully saturated rings. The van der Waals surface area contributed by atoms with Crippen molar-refractivity contribution in [2.45, 2.75) is 32.9 Å². The molecular weight excluding hydrogens is 221 g/mol. The van der Waals surface area contributed by atoms with Crippen LogP contribution >= 0.6 is 0 Å². The van der Waals surface area contributed by atoms with Gasteiger partial charge in [-0.05, 0) is 18.4 Å². The quantitative estimate of drug-likeness (QED) is 0.801. The number of carboxylic acids is 1. The second-order valence-corrected chi connectivity index (χ2v) is 4.49. The molecule has 2 N–H and O–H groups in total. The van der Waals surface area contributed by atoms with Crippen LogP contribution in [0.1, 0.15) is 25.8 Å². The fourth-order valence-electron chi connectivity index (χ4n) is 1.62. The van der Waals surface area contributed by atoms with Gasteiger partial charge < -0.3 is 10.4 Å². The molecule has 1 rings (SSSR count). The minimum absolute atomic E-state index is 0.232. The van der Waals surface area contributed by atoms with Gasteiger partial charge in [0.05, 0.1) is 0 Å². The zero-order chi connectivity index (χ0) is 12.8. The Morgan fingerprint density at radius 3 is 2.59 bits per heavy atom. The highest BCUT2D eigenvalue weighted by atomic mass is 19.1. The second kappa shape index (κ2) is 6.35. The van der Waals surface area contributed by atoms with Crippen molar-refractivity contribution >= 4 is 5.97 Å². The van der Waals surface area contributed by atoms with Crippen LogP contribution in [0.4, 0.5) is 4.39 Å². The summed E-state index contributed by atoms with van der Waals surface area (Å²) in [7, 11) is 0. The summed E-state index contributed by atoms with van der Waals surface area (Å²) in [5.41, 5.74) is 0.488. The van der Waals surface area contributed by atoms with E-state index in [-0.39, 0.29) is 18.3 Å². The molecular formula is C13H18FNO2. The molecule has 94 valence electrons. The fourth-order valence-corrected chi connectivity index (χ4v) is 1.62. The molecule has 0 aliphatic carbocycles. The summed E-state index contributed by atoms with van der Waals surface area (Å²) in [4.78, 5) is 11.0. The third-order valence-electron chi connectivity index (χ3n) is 2.50. The van der Waals surface area contributed by atoms with Gasteiger partial charge in [-0.25, -0.2) is 4.39 Å². The van der Waals surface area contributed by atoms with Crippen LogP contribution in [0.3, 0.4) is 0 Å². The molecule has 0 spiro atoms. The van der Waals surface area contributed by atoms with E-state index in [4.69, 9.17) is 5.11 Å². The third kappa shape index (κ3) is 4.53. The molecule has 0 saturated heterocycles. The number of rotatable bonds is 6. The first-order valence-electron chi connectivity index (χ1n) is 5.70. The molecule has 0 radical (unpaired) electrons. The number of halogens is 1. The lowest BCUT2D eigenvalue weighted by atomic mass is 10.0. The Morgan fingerprint density at radius 2 is 2.06 bits per heavy atom. The van der Waals surface area contributed by atoms with Gasteiger partial charge in [0.2, 0.25) is 0 Å². The molecule has 17 heavy (non-hydrogen) atoms. The summed E-state index contributed by atoms with van der Waals surface area (Å²) in [5.74, 6) is -0.923. The van der Waals surface area contributed by atoms with Gasteiger partial charge >= 0.3 is 5.97 Å². The average Bonchev–Trinajstić information content (AvgIpc) is 2.25. The SMILES string of the molecule is CC(C)CC(NCc1ccccc1F)C(=O)O. The van der Waals surface area contributed by atoms with E-state index in [9.17, 15) is 9.18 Å². The van der Waals surface area contributed by atoms with E-state index >= 15 is 0 Å². The van der Waals surface area contributed by atoms with Crippen LogP contribution in [0.25, 0.3) is 0 Å². The van der Waals surface area contributed by atoms with Crippen molar-refractivity contribution in [2.24, 2.45) is 5.92 Å². The molecule has 0 aromatic heterocycles. The third-order valence-corrected chi connectivity index (χ3v) is 2.50. The van der Waals surface area contributed by atoms with Gasteiger partial charge in [-0.15, -0.1) is 0 Å². The smallest absolute Gasteiger partial charge is 0.320 e. The number of benzene rings is 1. The van der Waals surface area contributed by atoms with Gasteiger partial charge in [0.25, 0.3) is 0 Å². The zero-order valence-corrected chi connectivity index (χ0v) is 10.1. The summed E-state index contributed by atoms with van der Waals surface area (Å²) in [6.45, 7) is 4.15. The first-order valence-corrected chi connectivity index (χ1v) is 5.70. The molecule has 0 saturated carbocycles. The molecule has 1 atom stereocenters. The highest BCUT2D eigenvalue weighted by Crippen LogP contribution is 2.09. The fraction of sp³-hybridized carbons (Fsp3) is 0.462. The Morgan fingerprint density at radius 1 is 1.41 bits per heavy atom. The van der Waals surface area contributed by atoms with Crippen LogP contribution in [0.15, 0.2) is 24.3 Å². The molecule has 1 aromatic rings. The van der Waals surface area contributed by atoms with Crippen molar-refractivity contribution in [3.05, 3.63) is 35.6 Å². The topological polar surface area (TPSA) is 49.3 Å². The predicted octanol–water partition coefficient (Wildman–Crippen LogP) is 2.41. The van der Waals surface area contributed by atoms with Gasteiger partial charge in [0.15, 0.2) is 0 Å². The maximum Gasteiger partial charge on any atom is 0.320 e. The van der Waals surface area contributed by atoms with E-state index in [1.807, 2.05) is 13.8 Å². The minimum Gasteiger partial charge on any atom is -0.480 e. The monoisotopic (exact) mass is 239 g/mol. The van der Waals surface area contributed by atoms with Crippen LogP contribution in [0.5, 0.6) is 0 Å². The normalized spacial score (nSPS) is 12.7. The van der Waals surface area contributed by atoms with Gasteiger partial charge in [-0.2, -0.15) is 0 Å². The van der Waals surface area contributed by atoms with Crippen molar-refractivity contribution < 1.29 is 14.3 Å². The predicted molar refractivity (Wildman–Crippen MR) is 64.1 cm³/mol. The summed E-state index contributed by atoms with van der Waals surface area (Å²) in [6, 6.07) is 5.74. The van der Waals surface area contributed by atoms with Crippen molar-refractivity contribution in [1.82, 2.24) is 5.32 Å². The number of aliphatic carboxylic acids is 1. The van der Waals surface area contributed by atoms with Crippen molar-refractivity contribution in [2.75, 3.05) is 0 Å². The van der Waals surface area contributed by atoms with E-state index in [2.05, 4.69) is 5.32 Å². The standard InChI is InChI=1S/C13H18FNO2/c1-9(2)7-12(13(16)17)15-8-10-5-3-4-6-11(10)14/h3-6,9,12,15H,7-8H2,1-2H3,(H,16,17). The van der Waals surface area contributed by atoms with E-state index < -0.39 is 12.0 Å². The van der Waals surface area contributed by atoms with Gasteiger partial charge in [0.1, 0.15) is 11.9 Å². The van der Waals surface area contributed by atoms with Crippen LogP contribution in [-0.4, -0.2) is 17.1 Å². The molecule has 0 aliphatic rings. The van der Waals surface area contributed by atoms with Gasteiger partial charge in [-0.3, -0.25) is 4.79 Å². The van der Waals surface area contributed by atoms with E-state index in [0.29, 0.717) is 12.0 Å². The van der Waals surface area contributed by atoms with Crippen LogP contribution in [-0.2, 0) is 11.3 Å². The van der Waals surface area contributed by atoms with Gasteiger partial charge in [0, 0.05) is 12.1 Å². The van der Waals surface area contributed by atoms with Crippen LogP contribution in [0, 0.1) is 11.7 Å². The molecule has 0 heterocycles. The number of nitrogens with one attached hydrogen (secondary N) is 1. The largest absolute Gasteiger partial charge is 0.480 e. The highest BCUT2D eigenvalue weighted by Gasteiger charge is 2.18. The molecule has 0 aliphatic heterocycles. The first-order chi connectivity index (χ1) is 8.00.